The zero-order chi connectivity index (χ0) is 24.0. The third-order valence-corrected chi connectivity index (χ3v) is 5.88. The molecule has 1 aliphatic heterocycles. The van der Waals surface area contributed by atoms with E-state index in [1.54, 1.807) is 30.2 Å². The summed E-state index contributed by atoms with van der Waals surface area (Å²) in [6.45, 7) is 3.73. The van der Waals surface area contributed by atoms with Crippen molar-refractivity contribution < 1.29 is 13.9 Å². The summed E-state index contributed by atoms with van der Waals surface area (Å²) in [7, 11) is 0. The lowest BCUT2D eigenvalue weighted by Gasteiger charge is -2.26. The molecule has 3 heterocycles. The number of carbonyl (C=O) groups excluding carboxylic acids is 1. The number of nitrogen functional groups attached to an aromatic ring is 1. The maximum Gasteiger partial charge on any atom is 0.338 e. The number of aliphatic imine (C=N–C) groups is 1. The number of ether oxygens (including phenoxy) is 1. The van der Waals surface area contributed by atoms with Crippen LogP contribution in [0.3, 0.4) is 0 Å². The van der Waals surface area contributed by atoms with Gasteiger partial charge in [0.15, 0.2) is 5.84 Å². The van der Waals surface area contributed by atoms with Gasteiger partial charge in [0.1, 0.15) is 29.1 Å². The van der Waals surface area contributed by atoms with Crippen LogP contribution in [0.15, 0.2) is 56.2 Å². The lowest BCUT2D eigenvalue weighted by Crippen LogP contribution is -2.33. The fraction of sp³-hybridized carbons (Fsp3) is 0.190. The summed E-state index contributed by atoms with van der Waals surface area (Å²) >= 11 is 9.08. The van der Waals surface area contributed by atoms with Gasteiger partial charge in [-0.3, -0.25) is 10.4 Å². The predicted octanol–water partition coefficient (Wildman–Crippen LogP) is 4.29. The van der Waals surface area contributed by atoms with Crippen LogP contribution in [-0.4, -0.2) is 34.2 Å². The molecule has 0 saturated carbocycles. The number of hydrogen-bond donors (Lipinski definition) is 3. The largest absolute Gasteiger partial charge is 0.463 e. The van der Waals surface area contributed by atoms with E-state index in [0.29, 0.717) is 34.1 Å². The van der Waals surface area contributed by atoms with Crippen LogP contribution in [0.25, 0.3) is 0 Å². The average Bonchev–Trinajstić information content (AvgIpc) is 3.48. The molecule has 0 fully saturated rings. The summed E-state index contributed by atoms with van der Waals surface area (Å²) in [5, 5.41) is 13.7. The molecule has 12 heteroatoms. The van der Waals surface area contributed by atoms with E-state index in [2.05, 4.69) is 20.3 Å². The van der Waals surface area contributed by atoms with Gasteiger partial charge in [-0.2, -0.15) is 0 Å². The van der Waals surface area contributed by atoms with Crippen molar-refractivity contribution in [2.75, 3.05) is 6.61 Å². The molecule has 172 valence electrons. The van der Waals surface area contributed by atoms with Crippen LogP contribution in [0, 0.1) is 11.2 Å². The van der Waals surface area contributed by atoms with E-state index in [0.717, 1.165) is 0 Å². The zero-order valence-electron chi connectivity index (χ0n) is 17.6. The van der Waals surface area contributed by atoms with E-state index in [-0.39, 0.29) is 17.5 Å². The van der Waals surface area contributed by atoms with Crippen LogP contribution >= 0.6 is 34.3 Å². The number of aromatic nitrogens is 2. The highest BCUT2D eigenvalue weighted by atomic mass is 35.5. The average molecular weight is 507 g/mol. The van der Waals surface area contributed by atoms with Gasteiger partial charge in [0.2, 0.25) is 0 Å². The standard InChI is InChI=1S/C17H15ClFN3O2S.C4H5N3S/c1-3-24-17(23)14-9(2)21-16(13-7-25-8-20-13)22-15(14)11-5-4-10(19)6-12(11)18;5-4(6)3-1-8-2-7-3/h4-8,15H,3H2,1-2H3,(H,21,22);1-2H,(H3,5,6). The molecular weight excluding hydrogens is 487 g/mol. The van der Waals surface area contributed by atoms with Gasteiger partial charge in [-0.1, -0.05) is 17.7 Å². The fourth-order valence-electron chi connectivity index (χ4n) is 2.90. The second-order valence-electron chi connectivity index (χ2n) is 6.59. The number of nitrogens with two attached hydrogens (primary N) is 1. The number of amidine groups is 2. The van der Waals surface area contributed by atoms with Crippen molar-refractivity contribution in [3.05, 3.63) is 79.0 Å². The Bertz CT molecular complexity index is 1200. The number of halogens is 2. The summed E-state index contributed by atoms with van der Waals surface area (Å²) in [5.41, 5.74) is 11.1. The maximum atomic E-state index is 13.4. The molecule has 1 unspecified atom stereocenters. The second kappa shape index (κ2) is 11.1. The van der Waals surface area contributed by atoms with Crippen molar-refractivity contribution in [1.29, 1.82) is 5.41 Å². The topological polar surface area (TPSA) is 126 Å². The van der Waals surface area contributed by atoms with E-state index >= 15 is 0 Å². The molecule has 1 aromatic carbocycles. The maximum absolute atomic E-state index is 13.4. The Morgan fingerprint density at radius 3 is 2.58 bits per heavy atom. The minimum atomic E-state index is -0.704. The van der Waals surface area contributed by atoms with Crippen LogP contribution in [0.1, 0.15) is 36.8 Å². The Kier molecular flexibility index (Phi) is 8.26. The quantitative estimate of drug-likeness (QED) is 0.269. The lowest BCUT2D eigenvalue weighted by atomic mass is 9.95. The monoisotopic (exact) mass is 506 g/mol. The van der Waals surface area contributed by atoms with E-state index in [1.807, 2.05) is 5.38 Å². The second-order valence-corrected chi connectivity index (χ2v) is 8.44. The Morgan fingerprint density at radius 2 is 2.03 bits per heavy atom. The smallest absolute Gasteiger partial charge is 0.338 e. The van der Waals surface area contributed by atoms with Gasteiger partial charge in [0.05, 0.1) is 23.2 Å². The molecule has 4 rings (SSSR count). The highest BCUT2D eigenvalue weighted by Crippen LogP contribution is 2.36. The molecule has 0 bridgehead atoms. The number of hydrogen-bond acceptors (Lipinski definition) is 9. The van der Waals surface area contributed by atoms with E-state index in [4.69, 9.17) is 27.5 Å². The summed E-state index contributed by atoms with van der Waals surface area (Å²) < 4.78 is 18.6. The molecular formula is C21H20ClFN6O2S2. The van der Waals surface area contributed by atoms with Crippen LogP contribution in [-0.2, 0) is 9.53 Å². The first-order chi connectivity index (χ1) is 15.8. The highest BCUT2D eigenvalue weighted by Gasteiger charge is 2.32. The van der Waals surface area contributed by atoms with Crippen molar-refractivity contribution in [1.82, 2.24) is 15.3 Å². The van der Waals surface area contributed by atoms with Gasteiger partial charge in [-0.05, 0) is 26.0 Å². The molecule has 3 aromatic rings. The predicted molar refractivity (Wildman–Crippen MR) is 128 cm³/mol. The van der Waals surface area contributed by atoms with Gasteiger partial charge in [-0.15, -0.1) is 22.7 Å². The first-order valence-electron chi connectivity index (χ1n) is 9.60. The summed E-state index contributed by atoms with van der Waals surface area (Å²) in [6, 6.07) is 3.32. The Labute approximate surface area is 202 Å². The van der Waals surface area contributed by atoms with Crippen molar-refractivity contribution in [2.45, 2.75) is 19.9 Å². The molecule has 4 N–H and O–H groups in total. The van der Waals surface area contributed by atoms with Crippen LogP contribution in [0.2, 0.25) is 5.02 Å². The van der Waals surface area contributed by atoms with Crippen molar-refractivity contribution in [2.24, 2.45) is 10.7 Å². The third-order valence-electron chi connectivity index (χ3n) is 4.38. The highest BCUT2D eigenvalue weighted by molar-refractivity contribution is 7.08. The molecule has 1 atom stereocenters. The molecule has 0 amide bonds. The van der Waals surface area contributed by atoms with Gasteiger partial charge in [0, 0.05) is 27.0 Å². The number of allylic oxidation sites excluding steroid dienone is 1. The van der Waals surface area contributed by atoms with E-state index in [9.17, 15) is 9.18 Å². The molecule has 0 saturated heterocycles. The number of carbonyl (C=O) groups is 1. The Morgan fingerprint density at radius 1 is 1.30 bits per heavy atom. The molecule has 1 aliphatic rings. The van der Waals surface area contributed by atoms with Gasteiger partial charge >= 0.3 is 5.97 Å². The SMILES string of the molecule is CCOC(=O)C1=C(C)NC(c2cscn2)=NC1c1ccc(F)cc1Cl.N=C(N)c1cscn1. The van der Waals surface area contributed by atoms with Crippen LogP contribution in [0.5, 0.6) is 0 Å². The minimum absolute atomic E-state index is 0.0336. The minimum Gasteiger partial charge on any atom is -0.463 e. The van der Waals surface area contributed by atoms with Gasteiger partial charge in [-0.25, -0.2) is 19.2 Å². The first-order valence-corrected chi connectivity index (χ1v) is 11.9. The van der Waals surface area contributed by atoms with Crippen molar-refractivity contribution >= 4 is 51.9 Å². The Hall–Kier alpha value is -3.15. The molecule has 8 nitrogen and oxygen atoms in total. The first kappa shape index (κ1) is 24.5. The van der Waals surface area contributed by atoms with Crippen molar-refractivity contribution in [3.8, 4) is 0 Å². The number of esters is 1. The normalized spacial score (nSPS) is 15.2. The van der Waals surface area contributed by atoms with E-state index < -0.39 is 17.8 Å². The van der Waals surface area contributed by atoms with Crippen molar-refractivity contribution in [3.63, 3.8) is 0 Å². The van der Waals surface area contributed by atoms with Crippen LogP contribution in [0.4, 0.5) is 4.39 Å². The summed E-state index contributed by atoms with van der Waals surface area (Å²) in [6.07, 6.45) is 0. The zero-order valence-corrected chi connectivity index (χ0v) is 20.0. The van der Waals surface area contributed by atoms with Crippen LogP contribution < -0.4 is 11.1 Å². The number of benzene rings is 1. The molecule has 33 heavy (non-hydrogen) atoms. The van der Waals surface area contributed by atoms with Gasteiger partial charge < -0.3 is 15.8 Å². The van der Waals surface area contributed by atoms with Gasteiger partial charge in [0.25, 0.3) is 0 Å². The number of rotatable bonds is 5. The number of nitrogens with one attached hydrogen (secondary N) is 2. The molecule has 2 aromatic heterocycles. The number of nitrogens with zero attached hydrogens (tertiary/aromatic N) is 3. The third kappa shape index (κ3) is 6.01. The summed E-state index contributed by atoms with van der Waals surface area (Å²) in [4.78, 5) is 25.1. The molecule has 0 aliphatic carbocycles. The Balaban J connectivity index is 0.000000323. The molecule has 0 spiro atoms. The molecule has 0 radical (unpaired) electrons. The number of thiazole rings is 2. The summed E-state index contributed by atoms with van der Waals surface area (Å²) in [5.74, 6) is -0.382. The lowest BCUT2D eigenvalue weighted by molar-refractivity contribution is -0.138. The van der Waals surface area contributed by atoms with E-state index in [1.165, 1.54) is 40.9 Å². The fourth-order valence-corrected chi connectivity index (χ4v) is 4.26.